The second-order valence-electron chi connectivity index (χ2n) is 5.09. The fourth-order valence-electron chi connectivity index (χ4n) is 2.76. The van der Waals surface area contributed by atoms with Gasteiger partial charge in [-0.25, -0.2) is 9.97 Å². The summed E-state index contributed by atoms with van der Waals surface area (Å²) < 4.78 is 5.54. The molecule has 0 spiro atoms. The molecule has 1 aliphatic heterocycles. The highest BCUT2D eigenvalue weighted by Crippen LogP contribution is 2.28. The van der Waals surface area contributed by atoms with E-state index in [1.807, 2.05) is 13.8 Å². The van der Waals surface area contributed by atoms with Crippen LogP contribution in [0.4, 0.5) is 5.82 Å². The van der Waals surface area contributed by atoms with E-state index in [4.69, 9.17) is 10.5 Å². The summed E-state index contributed by atoms with van der Waals surface area (Å²) in [5, 5.41) is 0. The zero-order chi connectivity index (χ0) is 13.7. The largest absolute Gasteiger partial charge is 0.478 e. The first-order chi connectivity index (χ1) is 9.26. The van der Waals surface area contributed by atoms with Crippen molar-refractivity contribution in [3.63, 3.8) is 0 Å². The Bertz CT molecular complexity index is 408. The molecular formula is C14H24N4O. The Hall–Kier alpha value is -1.36. The second-order valence-corrected chi connectivity index (χ2v) is 5.09. The summed E-state index contributed by atoms with van der Waals surface area (Å²) in [4.78, 5) is 11.0. The maximum absolute atomic E-state index is 5.67. The molecule has 19 heavy (non-hydrogen) atoms. The monoisotopic (exact) mass is 264 g/mol. The molecule has 0 aliphatic carbocycles. The third-order valence-corrected chi connectivity index (χ3v) is 3.69. The lowest BCUT2D eigenvalue weighted by Gasteiger charge is -2.34. The quantitative estimate of drug-likeness (QED) is 0.877. The molecule has 5 nitrogen and oxygen atoms in total. The van der Waals surface area contributed by atoms with Gasteiger partial charge in [-0.3, -0.25) is 0 Å². The summed E-state index contributed by atoms with van der Waals surface area (Å²) >= 11 is 0. The molecule has 1 aliphatic rings. The van der Waals surface area contributed by atoms with Crippen molar-refractivity contribution in [3.05, 3.63) is 11.9 Å². The lowest BCUT2D eigenvalue weighted by molar-refractivity contribution is 0.323. The van der Waals surface area contributed by atoms with Crippen LogP contribution in [-0.4, -0.2) is 36.2 Å². The molecule has 1 aromatic rings. The van der Waals surface area contributed by atoms with E-state index < -0.39 is 0 Å². The lowest BCUT2D eigenvalue weighted by atomic mass is 9.94. The molecule has 1 aromatic heterocycles. The number of anilines is 1. The average Bonchev–Trinajstić information content (AvgIpc) is 2.42. The van der Waals surface area contributed by atoms with Gasteiger partial charge in [0.25, 0.3) is 0 Å². The molecule has 0 bridgehead atoms. The van der Waals surface area contributed by atoms with Crippen LogP contribution in [0.25, 0.3) is 0 Å². The lowest BCUT2D eigenvalue weighted by Crippen LogP contribution is -2.37. The van der Waals surface area contributed by atoms with Crippen molar-refractivity contribution in [2.24, 2.45) is 11.7 Å². The Morgan fingerprint density at radius 2 is 2.32 bits per heavy atom. The van der Waals surface area contributed by atoms with Gasteiger partial charge in [0.2, 0.25) is 5.88 Å². The number of aromatic nitrogens is 2. The van der Waals surface area contributed by atoms with Crippen LogP contribution < -0.4 is 15.4 Å². The minimum atomic E-state index is 0.632. The first-order valence-corrected chi connectivity index (χ1v) is 7.15. The van der Waals surface area contributed by atoms with Gasteiger partial charge in [-0.2, -0.15) is 0 Å². The average molecular weight is 264 g/mol. The molecule has 2 rings (SSSR count). The number of hydrogen-bond acceptors (Lipinski definition) is 5. The van der Waals surface area contributed by atoms with Crippen molar-refractivity contribution in [1.82, 2.24) is 9.97 Å². The van der Waals surface area contributed by atoms with Gasteiger partial charge in [0.05, 0.1) is 12.2 Å². The Balaban J connectivity index is 2.14. The molecule has 1 fully saturated rings. The second kappa shape index (κ2) is 6.70. The first-order valence-electron chi connectivity index (χ1n) is 7.15. The van der Waals surface area contributed by atoms with Crippen LogP contribution in [0.2, 0.25) is 0 Å². The minimum Gasteiger partial charge on any atom is -0.478 e. The van der Waals surface area contributed by atoms with Gasteiger partial charge >= 0.3 is 0 Å². The first kappa shape index (κ1) is 14.1. The summed E-state index contributed by atoms with van der Waals surface area (Å²) in [6.07, 6.45) is 5.17. The molecule has 106 valence electrons. The van der Waals surface area contributed by atoms with E-state index in [2.05, 4.69) is 14.9 Å². The van der Waals surface area contributed by atoms with Crippen molar-refractivity contribution < 1.29 is 4.74 Å². The van der Waals surface area contributed by atoms with Gasteiger partial charge in [-0.15, -0.1) is 0 Å². The maximum atomic E-state index is 5.67. The third-order valence-electron chi connectivity index (χ3n) is 3.69. The summed E-state index contributed by atoms with van der Waals surface area (Å²) in [5.41, 5.74) is 6.71. The summed E-state index contributed by atoms with van der Waals surface area (Å²) in [5.74, 6) is 2.40. The molecule has 0 saturated carbocycles. The smallest absolute Gasteiger partial charge is 0.221 e. The predicted molar refractivity (Wildman–Crippen MR) is 76.5 cm³/mol. The van der Waals surface area contributed by atoms with Crippen LogP contribution >= 0.6 is 0 Å². The molecule has 2 heterocycles. The fraction of sp³-hybridized carbons (Fsp3) is 0.714. The highest BCUT2D eigenvalue weighted by molar-refractivity contribution is 5.50. The van der Waals surface area contributed by atoms with Gasteiger partial charge in [-0.05, 0) is 45.6 Å². The highest BCUT2D eigenvalue weighted by atomic mass is 16.5. The molecular weight excluding hydrogens is 240 g/mol. The van der Waals surface area contributed by atoms with Gasteiger partial charge in [0, 0.05) is 13.1 Å². The molecule has 2 N–H and O–H groups in total. The predicted octanol–water partition coefficient (Wildman–Crippen LogP) is 1.75. The van der Waals surface area contributed by atoms with Crippen LogP contribution in [0.5, 0.6) is 5.88 Å². The normalized spacial score (nSPS) is 19.5. The van der Waals surface area contributed by atoms with Gasteiger partial charge in [0.1, 0.15) is 12.1 Å². The van der Waals surface area contributed by atoms with E-state index in [9.17, 15) is 0 Å². The van der Waals surface area contributed by atoms with Crippen molar-refractivity contribution >= 4 is 5.82 Å². The molecule has 1 saturated heterocycles. The van der Waals surface area contributed by atoms with E-state index in [-0.39, 0.29) is 0 Å². The summed E-state index contributed by atoms with van der Waals surface area (Å²) in [7, 11) is 0. The van der Waals surface area contributed by atoms with Crippen LogP contribution in [0.1, 0.15) is 31.7 Å². The molecule has 5 heteroatoms. The van der Waals surface area contributed by atoms with Crippen molar-refractivity contribution in [3.8, 4) is 5.88 Å². The standard InChI is InChI=1S/C14H24N4O/c1-3-19-14-11(2)13(16-10-17-14)18-8-4-5-12(9-18)6-7-15/h10,12H,3-9,15H2,1-2H3. The molecule has 1 unspecified atom stereocenters. The maximum Gasteiger partial charge on any atom is 0.221 e. The van der Waals surface area contributed by atoms with Crippen LogP contribution in [0.15, 0.2) is 6.33 Å². The fourth-order valence-corrected chi connectivity index (χ4v) is 2.76. The van der Waals surface area contributed by atoms with Gasteiger partial charge < -0.3 is 15.4 Å². The zero-order valence-electron chi connectivity index (χ0n) is 11.9. The van der Waals surface area contributed by atoms with E-state index in [0.717, 1.165) is 37.4 Å². The van der Waals surface area contributed by atoms with Crippen molar-refractivity contribution in [1.29, 1.82) is 0 Å². The van der Waals surface area contributed by atoms with Gasteiger partial charge in [0.15, 0.2) is 0 Å². The number of nitrogens with zero attached hydrogens (tertiary/aromatic N) is 3. The number of piperidine rings is 1. The number of rotatable bonds is 5. The highest BCUT2D eigenvalue weighted by Gasteiger charge is 2.22. The molecule has 0 aromatic carbocycles. The van der Waals surface area contributed by atoms with E-state index in [1.165, 1.54) is 12.8 Å². The Morgan fingerprint density at radius 3 is 3.05 bits per heavy atom. The Kier molecular flexibility index (Phi) is 4.96. The van der Waals surface area contributed by atoms with Crippen LogP contribution in [0, 0.1) is 12.8 Å². The van der Waals surface area contributed by atoms with Gasteiger partial charge in [-0.1, -0.05) is 0 Å². The zero-order valence-corrected chi connectivity index (χ0v) is 11.9. The van der Waals surface area contributed by atoms with E-state index in [0.29, 0.717) is 18.4 Å². The molecule has 1 atom stereocenters. The van der Waals surface area contributed by atoms with Crippen LogP contribution in [-0.2, 0) is 0 Å². The summed E-state index contributed by atoms with van der Waals surface area (Å²) in [6, 6.07) is 0. The van der Waals surface area contributed by atoms with E-state index in [1.54, 1.807) is 6.33 Å². The minimum absolute atomic E-state index is 0.632. The van der Waals surface area contributed by atoms with Crippen LogP contribution in [0.3, 0.4) is 0 Å². The Labute approximate surface area is 115 Å². The SMILES string of the molecule is CCOc1ncnc(N2CCCC(CCN)C2)c1C. The molecule has 0 radical (unpaired) electrons. The molecule has 0 amide bonds. The number of hydrogen-bond donors (Lipinski definition) is 1. The van der Waals surface area contributed by atoms with Crippen molar-refractivity contribution in [2.45, 2.75) is 33.1 Å². The Morgan fingerprint density at radius 1 is 1.47 bits per heavy atom. The summed E-state index contributed by atoms with van der Waals surface area (Å²) in [6.45, 7) is 7.51. The third kappa shape index (κ3) is 3.35. The van der Waals surface area contributed by atoms with Crippen molar-refractivity contribution in [2.75, 3.05) is 31.1 Å². The topological polar surface area (TPSA) is 64.3 Å². The number of nitrogens with two attached hydrogens (primary N) is 1. The number of ether oxygens (including phenoxy) is 1. The van der Waals surface area contributed by atoms with E-state index >= 15 is 0 Å².